The standard InChI is InChI=1S/C27H21FN2O4/c1-2-34-19-12-10-16(11-13-19)25(31)23-24(21-15-29-22-9-4-3-8-20(21)22)30(27(33)26(23)32)18-7-5-6-17(28)14-18/h3-15,24,29,31H,2H2,1H3/b25-23+. The fourth-order valence-electron chi connectivity index (χ4n) is 4.37. The maximum Gasteiger partial charge on any atom is 0.300 e. The van der Waals surface area contributed by atoms with Crippen LogP contribution in [0.2, 0.25) is 0 Å². The van der Waals surface area contributed by atoms with Crippen LogP contribution < -0.4 is 9.64 Å². The van der Waals surface area contributed by atoms with Gasteiger partial charge >= 0.3 is 0 Å². The number of ketones is 1. The second-order valence-corrected chi connectivity index (χ2v) is 7.90. The SMILES string of the molecule is CCOc1ccc(/C(O)=C2\C(=O)C(=O)N(c3cccc(F)c3)C2c2c[nH]c3ccccc23)cc1. The lowest BCUT2D eigenvalue weighted by molar-refractivity contribution is -0.132. The van der Waals surface area contributed by atoms with Crippen LogP contribution in [-0.2, 0) is 9.59 Å². The average Bonchev–Trinajstić information content (AvgIpc) is 3.38. The van der Waals surface area contributed by atoms with Crippen molar-refractivity contribution >= 4 is 34.0 Å². The number of ether oxygens (including phenoxy) is 1. The van der Waals surface area contributed by atoms with Gasteiger partial charge in [-0.1, -0.05) is 24.3 Å². The van der Waals surface area contributed by atoms with Gasteiger partial charge in [0, 0.05) is 33.9 Å². The molecule has 0 radical (unpaired) electrons. The Morgan fingerprint density at radius 2 is 1.82 bits per heavy atom. The van der Waals surface area contributed by atoms with Crippen LogP contribution in [0.4, 0.5) is 10.1 Å². The Kier molecular flexibility index (Phi) is 5.37. The molecule has 4 aromatic rings. The molecule has 7 heteroatoms. The number of para-hydroxylation sites is 1. The van der Waals surface area contributed by atoms with Gasteiger partial charge in [0.1, 0.15) is 17.3 Å². The monoisotopic (exact) mass is 456 g/mol. The highest BCUT2D eigenvalue weighted by molar-refractivity contribution is 6.51. The summed E-state index contributed by atoms with van der Waals surface area (Å²) in [4.78, 5) is 30.9. The number of aromatic nitrogens is 1. The second kappa shape index (κ2) is 8.51. The first-order chi connectivity index (χ1) is 16.5. The van der Waals surface area contributed by atoms with Crippen LogP contribution in [-0.4, -0.2) is 28.4 Å². The van der Waals surface area contributed by atoms with E-state index in [4.69, 9.17) is 4.74 Å². The third kappa shape index (κ3) is 3.51. The minimum atomic E-state index is -0.954. The third-order valence-electron chi connectivity index (χ3n) is 5.89. The van der Waals surface area contributed by atoms with E-state index in [9.17, 15) is 19.1 Å². The molecular formula is C27H21FN2O4. The summed E-state index contributed by atoms with van der Waals surface area (Å²) < 4.78 is 19.5. The molecule has 1 saturated heterocycles. The predicted octanol–water partition coefficient (Wildman–Crippen LogP) is 5.33. The molecule has 1 fully saturated rings. The van der Waals surface area contributed by atoms with Crippen molar-refractivity contribution in [1.82, 2.24) is 4.98 Å². The van der Waals surface area contributed by atoms with E-state index in [0.29, 0.717) is 23.5 Å². The van der Waals surface area contributed by atoms with Crippen LogP contribution in [0, 0.1) is 5.82 Å². The van der Waals surface area contributed by atoms with Crippen molar-refractivity contribution in [2.75, 3.05) is 11.5 Å². The average molecular weight is 456 g/mol. The van der Waals surface area contributed by atoms with Gasteiger partial charge in [0.15, 0.2) is 0 Å². The van der Waals surface area contributed by atoms with Crippen molar-refractivity contribution in [3.05, 3.63) is 102 Å². The molecular weight excluding hydrogens is 435 g/mol. The topological polar surface area (TPSA) is 82.6 Å². The number of halogens is 1. The number of rotatable bonds is 5. The number of aliphatic hydroxyl groups excluding tert-OH is 1. The second-order valence-electron chi connectivity index (χ2n) is 7.90. The lowest BCUT2D eigenvalue weighted by Crippen LogP contribution is -2.29. The minimum absolute atomic E-state index is 0.0665. The quantitative estimate of drug-likeness (QED) is 0.242. The summed E-state index contributed by atoms with van der Waals surface area (Å²) in [7, 11) is 0. The molecule has 0 spiro atoms. The van der Waals surface area contributed by atoms with Crippen molar-refractivity contribution in [1.29, 1.82) is 0 Å². The Bertz CT molecular complexity index is 1440. The number of hydrogen-bond donors (Lipinski definition) is 2. The molecule has 3 aromatic carbocycles. The number of amides is 1. The fraction of sp³-hybridized carbons (Fsp3) is 0.111. The predicted molar refractivity (Wildman–Crippen MR) is 127 cm³/mol. The van der Waals surface area contributed by atoms with E-state index in [0.717, 1.165) is 10.9 Å². The molecule has 34 heavy (non-hydrogen) atoms. The highest BCUT2D eigenvalue weighted by Crippen LogP contribution is 2.44. The van der Waals surface area contributed by atoms with Crippen molar-refractivity contribution in [3.8, 4) is 5.75 Å². The minimum Gasteiger partial charge on any atom is -0.507 e. The van der Waals surface area contributed by atoms with Crippen LogP contribution in [0.15, 0.2) is 84.6 Å². The first kappa shape index (κ1) is 21.5. The van der Waals surface area contributed by atoms with Crippen LogP contribution in [0.25, 0.3) is 16.7 Å². The molecule has 1 atom stereocenters. The Hall–Kier alpha value is -4.39. The molecule has 1 aliphatic rings. The van der Waals surface area contributed by atoms with Gasteiger partial charge in [-0.2, -0.15) is 0 Å². The number of anilines is 1. The fourth-order valence-corrected chi connectivity index (χ4v) is 4.37. The molecule has 6 nitrogen and oxygen atoms in total. The number of H-pyrrole nitrogens is 1. The van der Waals surface area contributed by atoms with Crippen LogP contribution >= 0.6 is 0 Å². The maximum absolute atomic E-state index is 14.1. The number of benzene rings is 3. The van der Waals surface area contributed by atoms with E-state index in [1.807, 2.05) is 31.2 Å². The van der Waals surface area contributed by atoms with E-state index in [-0.39, 0.29) is 17.0 Å². The Morgan fingerprint density at radius 1 is 1.06 bits per heavy atom. The first-order valence-electron chi connectivity index (χ1n) is 10.9. The highest BCUT2D eigenvalue weighted by Gasteiger charge is 2.47. The van der Waals surface area contributed by atoms with Crippen LogP contribution in [0.1, 0.15) is 24.1 Å². The number of carbonyl (C=O) groups excluding carboxylic acids is 2. The smallest absolute Gasteiger partial charge is 0.300 e. The van der Waals surface area contributed by atoms with Gasteiger partial charge in [-0.15, -0.1) is 0 Å². The Labute approximate surface area is 194 Å². The van der Waals surface area contributed by atoms with Crippen molar-refractivity contribution in [3.63, 3.8) is 0 Å². The molecule has 1 aromatic heterocycles. The number of aromatic amines is 1. The van der Waals surface area contributed by atoms with E-state index in [1.165, 1.54) is 23.1 Å². The summed E-state index contributed by atoms with van der Waals surface area (Å²) in [5.41, 5.74) is 1.95. The zero-order chi connectivity index (χ0) is 23.8. The van der Waals surface area contributed by atoms with E-state index in [2.05, 4.69) is 4.98 Å². The van der Waals surface area contributed by atoms with Gasteiger partial charge in [-0.25, -0.2) is 4.39 Å². The Balaban J connectivity index is 1.73. The summed E-state index contributed by atoms with van der Waals surface area (Å²) in [6.45, 7) is 2.35. The number of carbonyl (C=O) groups is 2. The Morgan fingerprint density at radius 3 is 2.56 bits per heavy atom. The van der Waals surface area contributed by atoms with Crippen molar-refractivity contribution < 1.29 is 23.8 Å². The lowest BCUT2D eigenvalue weighted by atomic mass is 9.94. The molecule has 0 bridgehead atoms. The number of fused-ring (bicyclic) bond motifs is 1. The van der Waals surface area contributed by atoms with E-state index >= 15 is 0 Å². The summed E-state index contributed by atoms with van der Waals surface area (Å²) in [6.07, 6.45) is 1.71. The number of hydrogen-bond acceptors (Lipinski definition) is 4. The molecule has 1 amide bonds. The number of aliphatic hydroxyl groups is 1. The van der Waals surface area contributed by atoms with Gasteiger partial charge in [0.25, 0.3) is 11.7 Å². The highest BCUT2D eigenvalue weighted by atomic mass is 19.1. The summed E-state index contributed by atoms with van der Waals surface area (Å²) in [6, 6.07) is 18.6. The van der Waals surface area contributed by atoms with Gasteiger partial charge in [0.05, 0.1) is 18.2 Å². The molecule has 2 N–H and O–H groups in total. The third-order valence-corrected chi connectivity index (χ3v) is 5.89. The summed E-state index contributed by atoms with van der Waals surface area (Å²) in [5.74, 6) is -1.91. The summed E-state index contributed by atoms with van der Waals surface area (Å²) >= 11 is 0. The molecule has 1 aliphatic heterocycles. The van der Waals surface area contributed by atoms with E-state index in [1.54, 1.807) is 36.5 Å². The lowest BCUT2D eigenvalue weighted by Gasteiger charge is -2.25. The van der Waals surface area contributed by atoms with Gasteiger partial charge in [-0.3, -0.25) is 14.5 Å². The van der Waals surface area contributed by atoms with E-state index < -0.39 is 23.5 Å². The van der Waals surface area contributed by atoms with Crippen molar-refractivity contribution in [2.24, 2.45) is 0 Å². The molecule has 170 valence electrons. The van der Waals surface area contributed by atoms with Gasteiger partial charge in [-0.05, 0) is 55.5 Å². The van der Waals surface area contributed by atoms with Crippen LogP contribution in [0.5, 0.6) is 5.75 Å². The van der Waals surface area contributed by atoms with Crippen LogP contribution in [0.3, 0.4) is 0 Å². The molecule has 5 rings (SSSR count). The zero-order valence-corrected chi connectivity index (χ0v) is 18.3. The molecule has 0 aliphatic carbocycles. The summed E-state index contributed by atoms with van der Waals surface area (Å²) in [5, 5.41) is 12.0. The van der Waals surface area contributed by atoms with Gasteiger partial charge in [0.2, 0.25) is 0 Å². The largest absolute Gasteiger partial charge is 0.507 e. The molecule has 2 heterocycles. The number of nitrogens with zero attached hydrogens (tertiary/aromatic N) is 1. The van der Waals surface area contributed by atoms with Gasteiger partial charge < -0.3 is 14.8 Å². The zero-order valence-electron chi connectivity index (χ0n) is 18.3. The normalized spacial score (nSPS) is 17.5. The van der Waals surface area contributed by atoms with Crippen molar-refractivity contribution in [2.45, 2.75) is 13.0 Å². The number of nitrogens with one attached hydrogen (secondary N) is 1. The molecule has 1 unspecified atom stereocenters. The molecule has 0 saturated carbocycles. The number of Topliss-reactive ketones (excluding diaryl/α,β-unsaturated/α-hetero) is 1. The maximum atomic E-state index is 14.1. The first-order valence-corrected chi connectivity index (χ1v) is 10.9.